The van der Waals surface area contributed by atoms with Crippen LogP contribution in [0.3, 0.4) is 0 Å². The lowest BCUT2D eigenvalue weighted by molar-refractivity contribution is -0.897. The van der Waals surface area contributed by atoms with Crippen LogP contribution in [0.5, 0.6) is 0 Å². The van der Waals surface area contributed by atoms with Gasteiger partial charge in [-0.15, -0.1) is 5.10 Å². The molecule has 0 radical (unpaired) electrons. The van der Waals surface area contributed by atoms with Gasteiger partial charge in [0.25, 0.3) is 5.91 Å². The van der Waals surface area contributed by atoms with E-state index in [1.54, 1.807) is 24.3 Å². The highest BCUT2D eigenvalue weighted by Crippen LogP contribution is 2.22. The molecule has 156 valence electrons. The molecule has 0 spiro atoms. The number of carbonyl (C=O) groups is 2. The number of aromatic nitrogens is 3. The van der Waals surface area contributed by atoms with Gasteiger partial charge in [0.15, 0.2) is 6.54 Å². The van der Waals surface area contributed by atoms with E-state index in [2.05, 4.69) is 40.8 Å². The van der Waals surface area contributed by atoms with Gasteiger partial charge in [-0.2, -0.15) is 0 Å². The summed E-state index contributed by atoms with van der Waals surface area (Å²) in [4.78, 5) is 25.6. The van der Waals surface area contributed by atoms with Crippen molar-refractivity contribution in [1.82, 2.24) is 15.0 Å². The fourth-order valence-electron chi connectivity index (χ4n) is 4.06. The van der Waals surface area contributed by atoms with E-state index < -0.39 is 5.97 Å². The van der Waals surface area contributed by atoms with E-state index in [0.29, 0.717) is 23.8 Å². The number of fused-ring (bicyclic) bond motifs is 1. The Hall–Kier alpha value is -3.26. The molecule has 3 aromatic rings. The molecule has 0 saturated carbocycles. The van der Waals surface area contributed by atoms with Gasteiger partial charge >= 0.3 is 5.97 Å². The number of likely N-dealkylation sites (tertiary alicyclic amines) is 1. The summed E-state index contributed by atoms with van der Waals surface area (Å²) in [7, 11) is 1.33. The van der Waals surface area contributed by atoms with Crippen LogP contribution in [0, 0.1) is 6.92 Å². The first-order chi connectivity index (χ1) is 14.5. The fourth-order valence-corrected chi connectivity index (χ4v) is 4.06. The van der Waals surface area contributed by atoms with Crippen molar-refractivity contribution in [2.24, 2.45) is 0 Å². The number of nitrogens with zero attached hydrogens (tertiary/aromatic N) is 3. The maximum atomic E-state index is 12.5. The van der Waals surface area contributed by atoms with Crippen molar-refractivity contribution >= 4 is 28.6 Å². The molecule has 1 aliphatic heterocycles. The van der Waals surface area contributed by atoms with Crippen molar-refractivity contribution in [2.75, 3.05) is 32.1 Å². The molecule has 1 aromatic heterocycles. The van der Waals surface area contributed by atoms with Crippen LogP contribution in [0.1, 0.15) is 34.8 Å². The Balaban J connectivity index is 1.35. The summed E-state index contributed by atoms with van der Waals surface area (Å²) in [6, 6.07) is 13.4. The zero-order chi connectivity index (χ0) is 21.1. The van der Waals surface area contributed by atoms with Crippen LogP contribution < -0.4 is 10.2 Å². The van der Waals surface area contributed by atoms with E-state index >= 15 is 0 Å². The minimum Gasteiger partial charge on any atom is -0.465 e. The third-order valence-electron chi connectivity index (χ3n) is 5.65. The lowest BCUT2D eigenvalue weighted by atomic mass is 10.0. The summed E-state index contributed by atoms with van der Waals surface area (Å²) in [6.07, 6.45) is 1.88. The number of methoxy groups -OCH3 is 1. The fraction of sp³-hybridized carbons (Fsp3) is 0.364. The maximum absolute atomic E-state index is 12.5. The molecule has 2 heterocycles. The summed E-state index contributed by atoms with van der Waals surface area (Å²) in [5.41, 5.74) is 4.00. The van der Waals surface area contributed by atoms with Crippen LogP contribution in [-0.2, 0) is 9.53 Å². The van der Waals surface area contributed by atoms with E-state index in [0.717, 1.165) is 37.0 Å². The smallest absolute Gasteiger partial charge is 0.339 e. The van der Waals surface area contributed by atoms with Crippen molar-refractivity contribution in [1.29, 1.82) is 0 Å². The first kappa shape index (κ1) is 20.0. The minimum atomic E-state index is -0.464. The van der Waals surface area contributed by atoms with Crippen LogP contribution in [0.4, 0.5) is 5.69 Å². The number of rotatable bonds is 5. The summed E-state index contributed by atoms with van der Waals surface area (Å²) in [5.74, 6) is -0.573. The van der Waals surface area contributed by atoms with Gasteiger partial charge < -0.3 is 15.0 Å². The normalized spacial score (nSPS) is 18.9. The van der Waals surface area contributed by atoms with Crippen molar-refractivity contribution < 1.29 is 19.2 Å². The summed E-state index contributed by atoms with van der Waals surface area (Å²) in [5, 5.41) is 11.5. The van der Waals surface area contributed by atoms with Crippen molar-refractivity contribution in [3.05, 3.63) is 53.6 Å². The van der Waals surface area contributed by atoms with Crippen LogP contribution in [0.2, 0.25) is 0 Å². The molecule has 1 aliphatic rings. The molecule has 30 heavy (non-hydrogen) atoms. The van der Waals surface area contributed by atoms with Crippen LogP contribution in [0.15, 0.2) is 42.5 Å². The summed E-state index contributed by atoms with van der Waals surface area (Å²) >= 11 is 0. The second-order valence-electron chi connectivity index (χ2n) is 7.77. The SMILES string of the molecule is COC(=O)c1ccccc1NC(=O)C[NH+]1CCC(n2nnc3cc(C)ccc32)CC1. The number of anilines is 1. The molecule has 2 aromatic carbocycles. The largest absolute Gasteiger partial charge is 0.465 e. The molecule has 0 aliphatic carbocycles. The van der Waals surface area contributed by atoms with Gasteiger partial charge in [0.1, 0.15) is 5.52 Å². The number of piperidine rings is 1. The number of ether oxygens (including phenoxy) is 1. The molecule has 8 heteroatoms. The Morgan fingerprint density at radius 3 is 2.73 bits per heavy atom. The molecule has 0 bridgehead atoms. The Morgan fingerprint density at radius 2 is 1.97 bits per heavy atom. The van der Waals surface area contributed by atoms with Crippen molar-refractivity contribution in [3.8, 4) is 0 Å². The predicted octanol–water partition coefficient (Wildman–Crippen LogP) is 1.38. The van der Waals surface area contributed by atoms with Gasteiger partial charge in [0.05, 0.1) is 43.0 Å². The molecule has 0 atom stereocenters. The standard InChI is InChI=1S/C22H25N5O3/c1-15-7-8-20-19(13-15)24-25-27(20)16-9-11-26(12-10-16)14-21(28)23-18-6-4-3-5-17(18)22(29)30-2/h3-8,13,16H,9-12,14H2,1-2H3,(H,23,28)/p+1. The summed E-state index contributed by atoms with van der Waals surface area (Å²) < 4.78 is 6.81. The number of para-hydroxylation sites is 1. The number of quaternary nitrogens is 1. The molecule has 4 rings (SSSR count). The third kappa shape index (κ3) is 4.18. The number of nitrogens with one attached hydrogen (secondary N) is 2. The molecule has 1 saturated heterocycles. The third-order valence-corrected chi connectivity index (χ3v) is 5.65. The number of aryl methyl sites for hydroxylation is 1. The first-order valence-corrected chi connectivity index (χ1v) is 10.2. The Morgan fingerprint density at radius 1 is 1.20 bits per heavy atom. The molecular formula is C22H26N5O3+. The van der Waals surface area contributed by atoms with E-state index in [1.165, 1.54) is 17.6 Å². The highest BCUT2D eigenvalue weighted by atomic mass is 16.5. The van der Waals surface area contributed by atoms with E-state index in [1.807, 2.05) is 4.68 Å². The number of benzene rings is 2. The van der Waals surface area contributed by atoms with E-state index in [9.17, 15) is 9.59 Å². The zero-order valence-electron chi connectivity index (χ0n) is 17.2. The highest BCUT2D eigenvalue weighted by molar-refractivity contribution is 6.01. The molecule has 0 unspecified atom stereocenters. The van der Waals surface area contributed by atoms with E-state index in [4.69, 9.17) is 4.74 Å². The van der Waals surface area contributed by atoms with Gasteiger partial charge in [-0.1, -0.05) is 23.4 Å². The molecule has 1 fully saturated rings. The second kappa shape index (κ2) is 8.62. The molecule has 2 N–H and O–H groups in total. The zero-order valence-corrected chi connectivity index (χ0v) is 17.2. The maximum Gasteiger partial charge on any atom is 0.339 e. The monoisotopic (exact) mass is 408 g/mol. The topological polar surface area (TPSA) is 90.5 Å². The van der Waals surface area contributed by atoms with Crippen molar-refractivity contribution in [2.45, 2.75) is 25.8 Å². The Labute approximate surface area is 174 Å². The van der Waals surface area contributed by atoms with Gasteiger partial charge in [-0.3, -0.25) is 4.79 Å². The average molecular weight is 408 g/mol. The summed E-state index contributed by atoms with van der Waals surface area (Å²) in [6.45, 7) is 4.17. The quantitative estimate of drug-likeness (QED) is 0.623. The van der Waals surface area contributed by atoms with Gasteiger partial charge in [-0.05, 0) is 36.8 Å². The number of esters is 1. The van der Waals surface area contributed by atoms with Gasteiger partial charge in [0.2, 0.25) is 0 Å². The Bertz CT molecular complexity index is 1070. The van der Waals surface area contributed by atoms with Gasteiger partial charge in [0, 0.05) is 12.8 Å². The highest BCUT2D eigenvalue weighted by Gasteiger charge is 2.27. The van der Waals surface area contributed by atoms with Gasteiger partial charge in [-0.25, -0.2) is 9.48 Å². The Kier molecular flexibility index (Phi) is 5.76. The van der Waals surface area contributed by atoms with Crippen LogP contribution in [-0.4, -0.2) is 53.6 Å². The molecular weight excluding hydrogens is 382 g/mol. The molecule has 1 amide bonds. The second-order valence-corrected chi connectivity index (χ2v) is 7.77. The van der Waals surface area contributed by atoms with Crippen molar-refractivity contribution in [3.63, 3.8) is 0 Å². The van der Waals surface area contributed by atoms with Crippen LogP contribution >= 0.6 is 0 Å². The predicted molar refractivity (Wildman–Crippen MR) is 113 cm³/mol. The van der Waals surface area contributed by atoms with E-state index in [-0.39, 0.29) is 5.91 Å². The molecule has 8 nitrogen and oxygen atoms in total. The minimum absolute atomic E-state index is 0.110. The lowest BCUT2D eigenvalue weighted by Gasteiger charge is -2.29. The number of carbonyl (C=O) groups excluding carboxylic acids is 2. The first-order valence-electron chi connectivity index (χ1n) is 10.2. The number of hydrogen-bond acceptors (Lipinski definition) is 5. The number of amides is 1. The average Bonchev–Trinajstić information content (AvgIpc) is 3.17. The van der Waals surface area contributed by atoms with Crippen LogP contribution in [0.25, 0.3) is 11.0 Å². The lowest BCUT2D eigenvalue weighted by Crippen LogP contribution is -3.14. The number of hydrogen-bond donors (Lipinski definition) is 2.